The van der Waals surface area contributed by atoms with Gasteiger partial charge in [0.25, 0.3) is 0 Å². The zero-order valence-corrected chi connectivity index (χ0v) is 15.5. The van der Waals surface area contributed by atoms with E-state index in [0.717, 1.165) is 0 Å². The average Bonchev–Trinajstić information content (AvgIpc) is 3.23. The number of hydrogen-bond acceptors (Lipinski definition) is 8. The fourth-order valence-electron chi connectivity index (χ4n) is 3.09. The molecule has 2 fully saturated rings. The van der Waals surface area contributed by atoms with Gasteiger partial charge in [0.1, 0.15) is 23.3 Å². The summed E-state index contributed by atoms with van der Waals surface area (Å²) in [5.74, 6) is 0.771. The van der Waals surface area contributed by atoms with Gasteiger partial charge >= 0.3 is 0 Å². The van der Waals surface area contributed by atoms with Gasteiger partial charge in [0.2, 0.25) is 11.1 Å². The molecule has 4 rings (SSSR count). The van der Waals surface area contributed by atoms with Gasteiger partial charge in [0.15, 0.2) is 5.78 Å². The number of halogens is 1. The van der Waals surface area contributed by atoms with Crippen molar-refractivity contribution < 1.29 is 23.7 Å². The molecule has 1 aromatic heterocycles. The Bertz CT molecular complexity index is 929. The molecule has 0 radical (unpaired) electrons. The highest BCUT2D eigenvalue weighted by atomic mass is 35.5. The van der Waals surface area contributed by atoms with Crippen molar-refractivity contribution in [1.82, 2.24) is 19.8 Å². The third-order valence-corrected chi connectivity index (χ3v) is 5.07. The van der Waals surface area contributed by atoms with Gasteiger partial charge in [-0.1, -0.05) is 11.6 Å². The first-order valence-electron chi connectivity index (χ1n) is 7.79. The van der Waals surface area contributed by atoms with Crippen molar-refractivity contribution in [2.75, 3.05) is 20.8 Å². The first kappa shape index (κ1) is 17.4. The van der Waals surface area contributed by atoms with Crippen LogP contribution in [-0.2, 0) is 14.3 Å². The number of hydrogen-bond donors (Lipinski definition) is 0. The van der Waals surface area contributed by atoms with Crippen molar-refractivity contribution in [3.8, 4) is 17.2 Å². The molecule has 3 heterocycles. The Hall–Kier alpha value is -2.01. The zero-order valence-electron chi connectivity index (χ0n) is 13.9. The van der Waals surface area contributed by atoms with Crippen LogP contribution in [0, 0.1) is 4.77 Å². The van der Waals surface area contributed by atoms with Crippen LogP contribution in [-0.4, -0.2) is 58.8 Å². The van der Waals surface area contributed by atoms with Crippen molar-refractivity contribution in [1.29, 1.82) is 0 Å². The fraction of sp³-hybridized carbons (Fsp3) is 0.467. The number of nitrogens with zero attached hydrogens (tertiary/aromatic N) is 4. The smallest absolute Gasteiger partial charge is 0.221 e. The number of tetrazole rings is 1. The minimum atomic E-state index is -0.777. The standard InChI is InChI=1S/C15H15ClN4O5S/c1-22-11-5-9(12(23-2)3-7(11)16)20-15(26)19(17-18-20)8-4-10(21)14-24-6-13(8)25-14/h3,5,8,13-14H,4,6H2,1-2H3/t8-,13+,14+/m0/s1. The number of carbonyl (C=O) groups is 1. The zero-order chi connectivity index (χ0) is 18.4. The lowest BCUT2D eigenvalue weighted by Crippen LogP contribution is -2.37. The summed E-state index contributed by atoms with van der Waals surface area (Å²) in [5, 5.41) is 8.65. The lowest BCUT2D eigenvalue weighted by Gasteiger charge is -2.25. The molecule has 0 unspecified atom stereocenters. The van der Waals surface area contributed by atoms with Crippen LogP contribution in [0.5, 0.6) is 11.5 Å². The lowest BCUT2D eigenvalue weighted by atomic mass is 10.0. The minimum Gasteiger partial charge on any atom is -0.495 e. The first-order valence-corrected chi connectivity index (χ1v) is 8.58. The van der Waals surface area contributed by atoms with Crippen molar-refractivity contribution in [2.45, 2.75) is 24.9 Å². The molecule has 0 spiro atoms. The van der Waals surface area contributed by atoms with Crippen LogP contribution in [0.1, 0.15) is 12.5 Å². The van der Waals surface area contributed by atoms with Crippen LogP contribution in [0.3, 0.4) is 0 Å². The van der Waals surface area contributed by atoms with E-state index >= 15 is 0 Å². The molecule has 11 heteroatoms. The van der Waals surface area contributed by atoms with Gasteiger partial charge in [-0.25, -0.2) is 4.68 Å². The Labute approximate surface area is 158 Å². The van der Waals surface area contributed by atoms with Gasteiger partial charge in [0.05, 0.1) is 31.9 Å². The quantitative estimate of drug-likeness (QED) is 0.719. The largest absolute Gasteiger partial charge is 0.495 e. The highest BCUT2D eigenvalue weighted by molar-refractivity contribution is 7.71. The Kier molecular flexibility index (Phi) is 4.43. The van der Waals surface area contributed by atoms with E-state index in [2.05, 4.69) is 10.4 Å². The third-order valence-electron chi connectivity index (χ3n) is 4.41. The number of rotatable bonds is 4. The Balaban J connectivity index is 1.77. The van der Waals surface area contributed by atoms with E-state index in [4.69, 9.17) is 42.8 Å². The molecule has 0 aliphatic carbocycles. The topological polar surface area (TPSA) is 89.6 Å². The Morgan fingerprint density at radius 3 is 2.77 bits per heavy atom. The molecule has 3 atom stereocenters. The lowest BCUT2D eigenvalue weighted by molar-refractivity contribution is -0.156. The SMILES string of the molecule is COc1cc(-n2nnn([C@H]3CC(=O)[C@@H]4OC[C@H]3O4)c2=S)c(OC)cc1Cl. The number of carbonyl (C=O) groups excluding carboxylic acids is 1. The fourth-order valence-corrected chi connectivity index (χ4v) is 3.63. The summed E-state index contributed by atoms with van der Waals surface area (Å²) in [5.41, 5.74) is 0.522. The van der Waals surface area contributed by atoms with Gasteiger partial charge in [-0.15, -0.1) is 0 Å². The third kappa shape index (κ3) is 2.69. The van der Waals surface area contributed by atoms with E-state index in [1.807, 2.05) is 0 Å². The van der Waals surface area contributed by atoms with Crippen molar-refractivity contribution in [3.05, 3.63) is 21.9 Å². The molecular weight excluding hydrogens is 384 g/mol. The normalized spacial score (nSPS) is 24.7. The number of ketones is 1. The second kappa shape index (κ2) is 6.62. The summed E-state index contributed by atoms with van der Waals surface area (Å²) in [6.45, 7) is 0.313. The molecule has 2 aliphatic rings. The maximum Gasteiger partial charge on any atom is 0.221 e. The number of benzene rings is 1. The molecule has 0 N–H and O–H groups in total. The van der Waals surface area contributed by atoms with Crippen LogP contribution in [0.2, 0.25) is 5.02 Å². The predicted octanol–water partition coefficient (Wildman–Crippen LogP) is 1.72. The molecule has 1 aromatic carbocycles. The highest BCUT2D eigenvalue weighted by Crippen LogP contribution is 2.36. The number of ether oxygens (including phenoxy) is 4. The van der Waals surface area contributed by atoms with E-state index in [9.17, 15) is 4.79 Å². The Morgan fingerprint density at radius 1 is 1.27 bits per heavy atom. The first-order chi connectivity index (χ1) is 12.5. The van der Waals surface area contributed by atoms with Crippen molar-refractivity contribution in [3.63, 3.8) is 0 Å². The number of methoxy groups -OCH3 is 2. The second-order valence-electron chi connectivity index (χ2n) is 5.85. The van der Waals surface area contributed by atoms with E-state index < -0.39 is 6.29 Å². The van der Waals surface area contributed by atoms with Gasteiger partial charge in [-0.05, 0) is 22.6 Å². The van der Waals surface area contributed by atoms with Crippen LogP contribution in [0.4, 0.5) is 0 Å². The van der Waals surface area contributed by atoms with Crippen molar-refractivity contribution in [2.24, 2.45) is 0 Å². The maximum absolute atomic E-state index is 12.0. The maximum atomic E-state index is 12.0. The molecule has 2 aromatic rings. The molecule has 0 saturated carbocycles. The molecule has 26 heavy (non-hydrogen) atoms. The molecule has 0 amide bonds. The molecular formula is C15H15ClN4O5S. The summed E-state index contributed by atoms with van der Waals surface area (Å²) in [7, 11) is 3.02. The molecule has 9 nitrogen and oxygen atoms in total. The predicted molar refractivity (Wildman–Crippen MR) is 91.6 cm³/mol. The molecule has 138 valence electrons. The number of fused-ring (bicyclic) bond motifs is 2. The van der Waals surface area contributed by atoms with E-state index in [1.54, 1.807) is 12.1 Å². The second-order valence-corrected chi connectivity index (χ2v) is 6.63. The monoisotopic (exact) mass is 398 g/mol. The van der Waals surface area contributed by atoms with E-state index in [1.165, 1.54) is 23.6 Å². The summed E-state index contributed by atoms with van der Waals surface area (Å²) in [6, 6.07) is 2.90. The summed E-state index contributed by atoms with van der Waals surface area (Å²) < 4.78 is 24.7. The van der Waals surface area contributed by atoms with Gasteiger partial charge in [0, 0.05) is 18.6 Å². The van der Waals surface area contributed by atoms with Crippen LogP contribution < -0.4 is 9.47 Å². The molecule has 2 saturated heterocycles. The van der Waals surface area contributed by atoms with E-state index in [0.29, 0.717) is 33.6 Å². The molecule has 2 bridgehead atoms. The summed E-state index contributed by atoms with van der Waals surface area (Å²) in [4.78, 5) is 12.0. The summed E-state index contributed by atoms with van der Waals surface area (Å²) in [6.07, 6.45) is -0.846. The average molecular weight is 399 g/mol. The van der Waals surface area contributed by atoms with Gasteiger partial charge in [-0.2, -0.15) is 4.68 Å². The van der Waals surface area contributed by atoms with Gasteiger partial charge < -0.3 is 18.9 Å². The number of Topliss-reactive ketones (excluding diaryl/α,β-unsaturated/α-hetero) is 1. The molecule has 2 aliphatic heterocycles. The Morgan fingerprint density at radius 2 is 2.04 bits per heavy atom. The van der Waals surface area contributed by atoms with Crippen LogP contribution in [0.25, 0.3) is 5.69 Å². The van der Waals surface area contributed by atoms with Gasteiger partial charge in [-0.3, -0.25) is 4.79 Å². The summed E-state index contributed by atoms with van der Waals surface area (Å²) >= 11 is 11.7. The minimum absolute atomic E-state index is 0.133. The van der Waals surface area contributed by atoms with Crippen molar-refractivity contribution >= 4 is 29.6 Å². The highest BCUT2D eigenvalue weighted by Gasteiger charge is 2.45. The number of aromatic nitrogens is 4. The van der Waals surface area contributed by atoms with Crippen LogP contribution >= 0.6 is 23.8 Å². The van der Waals surface area contributed by atoms with Crippen LogP contribution in [0.15, 0.2) is 12.1 Å². The van der Waals surface area contributed by atoms with E-state index in [-0.39, 0.29) is 24.3 Å².